The van der Waals surface area contributed by atoms with Gasteiger partial charge in [-0.2, -0.15) is 0 Å². The first-order chi connectivity index (χ1) is 8.16. The molecule has 17 heavy (non-hydrogen) atoms. The van der Waals surface area contributed by atoms with Gasteiger partial charge >= 0.3 is 0 Å². The highest BCUT2D eigenvalue weighted by atomic mass is 15.1. The number of hydrogen-bond donors (Lipinski definition) is 3. The molecule has 2 rings (SSSR count). The second kappa shape index (κ2) is 4.69. The Hall–Kier alpha value is -2.30. The number of pyridine rings is 2. The zero-order valence-electron chi connectivity index (χ0n) is 9.59. The summed E-state index contributed by atoms with van der Waals surface area (Å²) in [5.74, 6) is 1.03. The summed E-state index contributed by atoms with van der Waals surface area (Å²) in [6.07, 6.45) is 1.76. The molecule has 2 aromatic heterocycles. The Balaban J connectivity index is 2.13. The number of nitrogens with two attached hydrogens (primary N) is 2. The fourth-order valence-electron chi connectivity index (χ4n) is 1.49. The van der Waals surface area contributed by atoms with E-state index in [0.29, 0.717) is 17.3 Å². The first-order valence-corrected chi connectivity index (χ1v) is 5.36. The molecule has 88 valence electrons. The number of anilines is 3. The van der Waals surface area contributed by atoms with Crippen LogP contribution in [0.3, 0.4) is 0 Å². The van der Waals surface area contributed by atoms with Crippen LogP contribution in [0.15, 0.2) is 36.5 Å². The smallest absolute Gasteiger partial charge is 0.149 e. The quantitative estimate of drug-likeness (QED) is 0.746. The minimum absolute atomic E-state index is 0.0618. The average Bonchev–Trinajstić information content (AvgIpc) is 2.35. The van der Waals surface area contributed by atoms with E-state index in [4.69, 9.17) is 11.5 Å². The molecule has 0 amide bonds. The average molecular weight is 229 g/mol. The monoisotopic (exact) mass is 229 g/mol. The predicted molar refractivity (Wildman–Crippen MR) is 69.3 cm³/mol. The number of nitrogens with one attached hydrogen (secondary N) is 1. The van der Waals surface area contributed by atoms with E-state index in [1.54, 1.807) is 18.3 Å². The lowest BCUT2D eigenvalue weighted by Gasteiger charge is -2.14. The van der Waals surface area contributed by atoms with Crippen LogP contribution in [0, 0.1) is 0 Å². The van der Waals surface area contributed by atoms with Gasteiger partial charge in [-0.3, -0.25) is 4.98 Å². The van der Waals surface area contributed by atoms with Crippen molar-refractivity contribution in [1.29, 1.82) is 0 Å². The molecule has 5 heteroatoms. The molecule has 2 aromatic rings. The zero-order valence-corrected chi connectivity index (χ0v) is 9.59. The van der Waals surface area contributed by atoms with Crippen LogP contribution in [0.25, 0.3) is 0 Å². The van der Waals surface area contributed by atoms with Crippen molar-refractivity contribution in [2.24, 2.45) is 0 Å². The Morgan fingerprint density at radius 3 is 2.65 bits per heavy atom. The topological polar surface area (TPSA) is 89.8 Å². The van der Waals surface area contributed by atoms with Crippen LogP contribution >= 0.6 is 0 Å². The van der Waals surface area contributed by atoms with E-state index < -0.39 is 0 Å². The third kappa shape index (κ3) is 2.63. The van der Waals surface area contributed by atoms with E-state index >= 15 is 0 Å². The third-order valence-corrected chi connectivity index (χ3v) is 2.45. The molecule has 0 aliphatic heterocycles. The molecule has 0 saturated heterocycles. The number of hydrogen-bond acceptors (Lipinski definition) is 5. The zero-order chi connectivity index (χ0) is 12.3. The van der Waals surface area contributed by atoms with Crippen LogP contribution in [0.5, 0.6) is 0 Å². The Kier molecular flexibility index (Phi) is 3.09. The fourth-order valence-corrected chi connectivity index (χ4v) is 1.49. The van der Waals surface area contributed by atoms with Crippen LogP contribution in [0.1, 0.15) is 18.7 Å². The van der Waals surface area contributed by atoms with E-state index in [2.05, 4.69) is 15.3 Å². The molecule has 0 aromatic carbocycles. The summed E-state index contributed by atoms with van der Waals surface area (Å²) in [5.41, 5.74) is 12.7. The normalized spacial score (nSPS) is 12.1. The van der Waals surface area contributed by atoms with Crippen molar-refractivity contribution in [1.82, 2.24) is 9.97 Å². The summed E-state index contributed by atoms with van der Waals surface area (Å²) in [6.45, 7) is 2.01. The summed E-state index contributed by atoms with van der Waals surface area (Å²) >= 11 is 0. The molecule has 5 nitrogen and oxygen atoms in total. The minimum Gasteiger partial charge on any atom is -0.396 e. The lowest BCUT2D eigenvalue weighted by Crippen LogP contribution is -2.10. The Bertz CT molecular complexity index is 498. The highest BCUT2D eigenvalue weighted by molar-refractivity contribution is 5.61. The number of rotatable bonds is 3. The summed E-state index contributed by atoms with van der Waals surface area (Å²) in [7, 11) is 0. The lowest BCUT2D eigenvalue weighted by molar-refractivity contribution is 0.832. The van der Waals surface area contributed by atoms with Gasteiger partial charge in [0.05, 0.1) is 17.4 Å². The van der Waals surface area contributed by atoms with Crippen molar-refractivity contribution >= 4 is 17.3 Å². The van der Waals surface area contributed by atoms with Crippen LogP contribution in [-0.4, -0.2) is 9.97 Å². The van der Waals surface area contributed by atoms with Crippen LogP contribution in [0.2, 0.25) is 0 Å². The van der Waals surface area contributed by atoms with Gasteiger partial charge < -0.3 is 16.8 Å². The Labute approximate surface area is 99.9 Å². The van der Waals surface area contributed by atoms with E-state index in [0.717, 1.165) is 5.69 Å². The van der Waals surface area contributed by atoms with Crippen molar-refractivity contribution < 1.29 is 0 Å². The SMILES string of the molecule is CC(Nc1ccc(N)c(N)n1)c1ccccn1. The van der Waals surface area contributed by atoms with Gasteiger partial charge in [0.2, 0.25) is 0 Å². The van der Waals surface area contributed by atoms with Gasteiger partial charge in [0, 0.05) is 6.20 Å². The maximum atomic E-state index is 5.64. The molecule has 0 radical (unpaired) electrons. The van der Waals surface area contributed by atoms with Gasteiger partial charge in [-0.1, -0.05) is 6.07 Å². The summed E-state index contributed by atoms with van der Waals surface area (Å²) < 4.78 is 0. The highest BCUT2D eigenvalue weighted by Gasteiger charge is 2.07. The molecule has 0 aliphatic carbocycles. The minimum atomic E-state index is 0.0618. The third-order valence-electron chi connectivity index (χ3n) is 2.45. The van der Waals surface area contributed by atoms with Gasteiger partial charge in [0.15, 0.2) is 0 Å². The van der Waals surface area contributed by atoms with Gasteiger partial charge in [0.1, 0.15) is 11.6 Å². The van der Waals surface area contributed by atoms with Gasteiger partial charge in [-0.25, -0.2) is 4.98 Å². The van der Waals surface area contributed by atoms with E-state index in [1.807, 2.05) is 25.1 Å². The van der Waals surface area contributed by atoms with E-state index in [9.17, 15) is 0 Å². The molecule has 1 unspecified atom stereocenters. The van der Waals surface area contributed by atoms with Gasteiger partial charge in [-0.15, -0.1) is 0 Å². The number of nitrogen functional groups attached to an aromatic ring is 2. The summed E-state index contributed by atoms with van der Waals surface area (Å²) in [5, 5.41) is 3.22. The summed E-state index contributed by atoms with van der Waals surface area (Å²) in [6, 6.07) is 9.38. The molecule has 0 bridgehead atoms. The van der Waals surface area contributed by atoms with Crippen LogP contribution in [-0.2, 0) is 0 Å². The van der Waals surface area contributed by atoms with Crippen molar-refractivity contribution in [2.45, 2.75) is 13.0 Å². The second-order valence-corrected chi connectivity index (χ2v) is 3.79. The first kappa shape index (κ1) is 11.2. The molecule has 1 atom stereocenters. The molecular formula is C12H15N5. The highest BCUT2D eigenvalue weighted by Crippen LogP contribution is 2.19. The standard InChI is InChI=1S/C12H15N5/c1-8(10-4-2-3-7-15-10)16-11-6-5-9(13)12(14)17-11/h2-8H,13H2,1H3,(H3,14,16,17). The van der Waals surface area contributed by atoms with Crippen LogP contribution < -0.4 is 16.8 Å². The molecule has 0 fully saturated rings. The Morgan fingerprint density at radius 2 is 2.00 bits per heavy atom. The van der Waals surface area contributed by atoms with E-state index in [1.165, 1.54) is 0 Å². The van der Waals surface area contributed by atoms with Crippen LogP contribution in [0.4, 0.5) is 17.3 Å². The first-order valence-electron chi connectivity index (χ1n) is 5.36. The van der Waals surface area contributed by atoms with Crippen molar-refractivity contribution in [3.63, 3.8) is 0 Å². The number of aromatic nitrogens is 2. The maximum Gasteiger partial charge on any atom is 0.149 e. The van der Waals surface area contributed by atoms with Gasteiger partial charge in [-0.05, 0) is 31.2 Å². The fraction of sp³-hybridized carbons (Fsp3) is 0.167. The second-order valence-electron chi connectivity index (χ2n) is 3.79. The number of nitrogens with zero attached hydrogens (tertiary/aromatic N) is 2. The lowest BCUT2D eigenvalue weighted by atomic mass is 10.2. The van der Waals surface area contributed by atoms with Crippen molar-refractivity contribution in [3.05, 3.63) is 42.2 Å². The predicted octanol–water partition coefficient (Wildman–Crippen LogP) is 1.81. The largest absolute Gasteiger partial charge is 0.396 e. The van der Waals surface area contributed by atoms with Crippen molar-refractivity contribution in [3.8, 4) is 0 Å². The Morgan fingerprint density at radius 1 is 1.18 bits per heavy atom. The van der Waals surface area contributed by atoms with Gasteiger partial charge in [0.25, 0.3) is 0 Å². The molecule has 2 heterocycles. The maximum absolute atomic E-state index is 5.64. The van der Waals surface area contributed by atoms with Crippen molar-refractivity contribution in [2.75, 3.05) is 16.8 Å². The molecule has 0 spiro atoms. The molecular weight excluding hydrogens is 214 g/mol. The summed E-state index contributed by atoms with van der Waals surface area (Å²) in [4.78, 5) is 8.42. The molecule has 0 aliphatic rings. The molecule has 5 N–H and O–H groups in total. The molecule has 0 saturated carbocycles. The van der Waals surface area contributed by atoms with E-state index in [-0.39, 0.29) is 6.04 Å².